The Morgan fingerprint density at radius 3 is 2.65 bits per heavy atom. The molecule has 1 N–H and O–H groups in total. The Morgan fingerprint density at radius 1 is 1.35 bits per heavy atom. The van der Waals surface area contributed by atoms with Crippen molar-refractivity contribution < 1.29 is 0 Å². The number of hydrogen-bond donors (Lipinski definition) is 1. The number of benzene rings is 1. The van der Waals surface area contributed by atoms with Crippen molar-refractivity contribution >= 4 is 11.8 Å². The SMILES string of the molecule is CNC(c1ccccc1)C(C)(C)CN1CCSC(C)C1. The predicted molar refractivity (Wildman–Crippen MR) is 90.4 cm³/mol. The fourth-order valence-corrected chi connectivity index (χ4v) is 4.44. The molecule has 0 aromatic heterocycles. The summed E-state index contributed by atoms with van der Waals surface area (Å²) in [5, 5.41) is 4.30. The highest BCUT2D eigenvalue weighted by Gasteiger charge is 2.32. The molecule has 1 aromatic rings. The van der Waals surface area contributed by atoms with Crippen LogP contribution in [0.25, 0.3) is 0 Å². The van der Waals surface area contributed by atoms with Crippen LogP contribution in [0.5, 0.6) is 0 Å². The molecule has 2 nitrogen and oxygen atoms in total. The van der Waals surface area contributed by atoms with Gasteiger partial charge >= 0.3 is 0 Å². The van der Waals surface area contributed by atoms with E-state index in [1.54, 1.807) is 0 Å². The Morgan fingerprint density at radius 2 is 2.05 bits per heavy atom. The molecule has 2 atom stereocenters. The first-order valence-electron chi connectivity index (χ1n) is 7.59. The zero-order valence-corrected chi connectivity index (χ0v) is 14.0. The second-order valence-corrected chi connectivity index (χ2v) is 8.08. The van der Waals surface area contributed by atoms with Crippen molar-refractivity contribution in [2.24, 2.45) is 5.41 Å². The van der Waals surface area contributed by atoms with Gasteiger partial charge in [0.25, 0.3) is 0 Å². The predicted octanol–water partition coefficient (Wildman–Crippen LogP) is 3.41. The summed E-state index contributed by atoms with van der Waals surface area (Å²) in [6.45, 7) is 10.7. The second kappa shape index (κ2) is 6.97. The topological polar surface area (TPSA) is 15.3 Å². The van der Waals surface area contributed by atoms with E-state index >= 15 is 0 Å². The Labute approximate surface area is 128 Å². The molecule has 1 heterocycles. The van der Waals surface area contributed by atoms with Crippen LogP contribution in [0.2, 0.25) is 0 Å². The van der Waals surface area contributed by atoms with Crippen LogP contribution in [0.1, 0.15) is 32.4 Å². The zero-order chi connectivity index (χ0) is 14.6. The summed E-state index contributed by atoms with van der Waals surface area (Å²) in [6.07, 6.45) is 0. The minimum Gasteiger partial charge on any atom is -0.313 e. The van der Waals surface area contributed by atoms with E-state index in [0.29, 0.717) is 6.04 Å². The number of hydrogen-bond acceptors (Lipinski definition) is 3. The average molecular weight is 292 g/mol. The second-order valence-electron chi connectivity index (χ2n) is 6.54. The van der Waals surface area contributed by atoms with E-state index in [4.69, 9.17) is 0 Å². The van der Waals surface area contributed by atoms with Crippen LogP contribution in [0, 0.1) is 5.41 Å². The van der Waals surface area contributed by atoms with Crippen molar-refractivity contribution in [3.05, 3.63) is 35.9 Å². The molecule has 1 aliphatic heterocycles. The minimum atomic E-state index is 0.220. The van der Waals surface area contributed by atoms with Crippen molar-refractivity contribution in [2.75, 3.05) is 32.4 Å². The van der Waals surface area contributed by atoms with Gasteiger partial charge in [-0.25, -0.2) is 0 Å². The fourth-order valence-electron chi connectivity index (χ4n) is 3.36. The van der Waals surface area contributed by atoms with Crippen LogP contribution in [0.15, 0.2) is 30.3 Å². The van der Waals surface area contributed by atoms with Crippen LogP contribution in [0.4, 0.5) is 0 Å². The van der Waals surface area contributed by atoms with E-state index in [9.17, 15) is 0 Å². The fraction of sp³-hybridized carbons (Fsp3) is 0.647. The van der Waals surface area contributed by atoms with Crippen molar-refractivity contribution in [3.63, 3.8) is 0 Å². The largest absolute Gasteiger partial charge is 0.313 e. The van der Waals surface area contributed by atoms with Gasteiger partial charge in [-0.05, 0) is 18.0 Å². The Kier molecular flexibility index (Phi) is 5.53. The van der Waals surface area contributed by atoms with Crippen LogP contribution in [-0.4, -0.2) is 42.6 Å². The number of nitrogens with zero attached hydrogens (tertiary/aromatic N) is 1. The van der Waals surface area contributed by atoms with Gasteiger partial charge in [0.2, 0.25) is 0 Å². The minimum absolute atomic E-state index is 0.220. The summed E-state index contributed by atoms with van der Waals surface area (Å²) in [6, 6.07) is 11.2. The summed E-state index contributed by atoms with van der Waals surface area (Å²) in [7, 11) is 2.08. The van der Waals surface area contributed by atoms with E-state index in [1.165, 1.54) is 24.4 Å². The molecule has 112 valence electrons. The lowest BCUT2D eigenvalue weighted by Gasteiger charge is -2.41. The van der Waals surface area contributed by atoms with E-state index in [2.05, 4.69) is 80.1 Å². The molecule has 1 fully saturated rings. The quantitative estimate of drug-likeness (QED) is 0.895. The molecule has 1 aliphatic rings. The first-order chi connectivity index (χ1) is 9.53. The summed E-state index contributed by atoms with van der Waals surface area (Å²) >= 11 is 2.10. The third kappa shape index (κ3) is 4.00. The lowest BCUT2D eigenvalue weighted by molar-refractivity contribution is 0.143. The molecule has 0 amide bonds. The van der Waals surface area contributed by atoms with Gasteiger partial charge in [-0.3, -0.25) is 0 Å². The third-order valence-corrected chi connectivity index (χ3v) is 5.30. The molecule has 2 rings (SSSR count). The summed E-state index contributed by atoms with van der Waals surface area (Å²) < 4.78 is 0. The first kappa shape index (κ1) is 15.9. The molecule has 20 heavy (non-hydrogen) atoms. The monoisotopic (exact) mass is 292 g/mol. The van der Waals surface area contributed by atoms with E-state index in [1.807, 2.05) is 0 Å². The highest BCUT2D eigenvalue weighted by Crippen LogP contribution is 2.34. The maximum Gasteiger partial charge on any atom is 0.0381 e. The molecule has 3 heteroatoms. The van der Waals surface area contributed by atoms with Gasteiger partial charge in [0.15, 0.2) is 0 Å². The van der Waals surface area contributed by atoms with Gasteiger partial charge in [-0.2, -0.15) is 11.8 Å². The molecular weight excluding hydrogens is 264 g/mol. The van der Waals surface area contributed by atoms with Crippen LogP contribution in [0.3, 0.4) is 0 Å². The smallest absolute Gasteiger partial charge is 0.0381 e. The highest BCUT2D eigenvalue weighted by atomic mass is 32.2. The molecule has 1 aromatic carbocycles. The maximum absolute atomic E-state index is 3.53. The van der Waals surface area contributed by atoms with Crippen LogP contribution < -0.4 is 5.32 Å². The van der Waals surface area contributed by atoms with Crippen LogP contribution >= 0.6 is 11.8 Å². The number of rotatable bonds is 5. The van der Waals surface area contributed by atoms with Gasteiger partial charge in [0.1, 0.15) is 0 Å². The maximum atomic E-state index is 3.53. The third-order valence-electron chi connectivity index (χ3n) is 4.16. The Balaban J connectivity index is 2.07. The van der Waals surface area contributed by atoms with Gasteiger partial charge in [-0.15, -0.1) is 0 Å². The first-order valence-corrected chi connectivity index (χ1v) is 8.64. The van der Waals surface area contributed by atoms with Crippen molar-refractivity contribution in [1.82, 2.24) is 10.2 Å². The van der Waals surface area contributed by atoms with Crippen molar-refractivity contribution in [1.29, 1.82) is 0 Å². The average Bonchev–Trinajstić information content (AvgIpc) is 2.39. The van der Waals surface area contributed by atoms with E-state index in [0.717, 1.165) is 11.8 Å². The van der Waals surface area contributed by atoms with Gasteiger partial charge < -0.3 is 10.2 Å². The summed E-state index contributed by atoms with van der Waals surface area (Å²) in [4.78, 5) is 2.63. The lowest BCUT2D eigenvalue weighted by atomic mass is 9.80. The Bertz CT molecular complexity index is 405. The van der Waals surface area contributed by atoms with E-state index in [-0.39, 0.29) is 5.41 Å². The zero-order valence-electron chi connectivity index (χ0n) is 13.2. The lowest BCUT2D eigenvalue weighted by Crippen LogP contribution is -2.46. The molecule has 1 saturated heterocycles. The standard InChI is InChI=1S/C17H28N2S/c1-14-12-19(10-11-20-14)13-17(2,3)16(18-4)15-8-6-5-7-9-15/h5-9,14,16,18H,10-13H2,1-4H3. The van der Waals surface area contributed by atoms with E-state index < -0.39 is 0 Å². The van der Waals surface area contributed by atoms with Gasteiger partial charge in [-0.1, -0.05) is 51.1 Å². The molecule has 0 bridgehead atoms. The number of nitrogens with one attached hydrogen (secondary N) is 1. The normalized spacial score (nSPS) is 22.7. The summed E-state index contributed by atoms with van der Waals surface area (Å²) in [5.41, 5.74) is 1.61. The Hall–Kier alpha value is -0.510. The van der Waals surface area contributed by atoms with Gasteiger partial charge in [0.05, 0.1) is 0 Å². The highest BCUT2D eigenvalue weighted by molar-refractivity contribution is 7.99. The van der Waals surface area contributed by atoms with Crippen molar-refractivity contribution in [3.8, 4) is 0 Å². The molecule has 0 saturated carbocycles. The number of thioether (sulfide) groups is 1. The molecular formula is C17H28N2S. The molecule has 0 radical (unpaired) electrons. The molecule has 0 aliphatic carbocycles. The molecule has 2 unspecified atom stereocenters. The molecule has 0 spiro atoms. The van der Waals surface area contributed by atoms with Crippen LogP contribution in [-0.2, 0) is 0 Å². The summed E-state index contributed by atoms with van der Waals surface area (Å²) in [5.74, 6) is 1.27. The van der Waals surface area contributed by atoms with Gasteiger partial charge in [0, 0.05) is 36.7 Å². The van der Waals surface area contributed by atoms with Crippen molar-refractivity contribution in [2.45, 2.75) is 32.1 Å².